The van der Waals surface area contributed by atoms with E-state index >= 15 is 0 Å². The molecule has 2 atom stereocenters. The van der Waals surface area contributed by atoms with Crippen LogP contribution in [-0.4, -0.2) is 30.6 Å². The predicted octanol–water partition coefficient (Wildman–Crippen LogP) is 4.98. The third-order valence-electron chi connectivity index (χ3n) is 4.89. The highest BCUT2D eigenvalue weighted by Gasteiger charge is 2.24. The number of rotatable bonds is 11. The molecule has 2 unspecified atom stereocenters. The molecule has 1 fully saturated rings. The molecule has 1 aliphatic carbocycles. The zero-order valence-corrected chi connectivity index (χ0v) is 16.6. The van der Waals surface area contributed by atoms with Crippen molar-refractivity contribution >= 4 is 11.8 Å². The van der Waals surface area contributed by atoms with Gasteiger partial charge in [-0.15, -0.1) is 0 Å². The van der Waals surface area contributed by atoms with Gasteiger partial charge < -0.3 is 10.6 Å². The van der Waals surface area contributed by atoms with Crippen molar-refractivity contribution in [1.82, 2.24) is 10.6 Å². The van der Waals surface area contributed by atoms with Gasteiger partial charge in [-0.3, -0.25) is 0 Å². The van der Waals surface area contributed by atoms with Crippen molar-refractivity contribution in [3.05, 3.63) is 24.4 Å². The van der Waals surface area contributed by atoms with Crippen molar-refractivity contribution in [2.75, 3.05) is 18.6 Å². The number of hydrogen-bond donors (Lipinski definition) is 2. The molecule has 134 valence electrons. The van der Waals surface area contributed by atoms with Crippen molar-refractivity contribution < 1.29 is 0 Å². The van der Waals surface area contributed by atoms with Gasteiger partial charge in [0.1, 0.15) is 0 Å². The summed E-state index contributed by atoms with van der Waals surface area (Å²) in [7, 11) is 0. The van der Waals surface area contributed by atoms with Gasteiger partial charge >= 0.3 is 0 Å². The number of hydrogen-bond acceptors (Lipinski definition) is 3. The van der Waals surface area contributed by atoms with Crippen LogP contribution in [0.3, 0.4) is 0 Å². The summed E-state index contributed by atoms with van der Waals surface area (Å²) in [4.78, 5) is 0. The van der Waals surface area contributed by atoms with Gasteiger partial charge in [-0.25, -0.2) is 0 Å². The first-order chi connectivity index (χ1) is 11.1. The molecule has 0 saturated heterocycles. The molecule has 1 rings (SSSR count). The Morgan fingerprint density at radius 1 is 1.22 bits per heavy atom. The Balaban J connectivity index is 2.43. The minimum absolute atomic E-state index is 0.462. The Bertz CT molecular complexity index is 346. The van der Waals surface area contributed by atoms with Crippen molar-refractivity contribution in [3.8, 4) is 0 Å². The molecular weight excluding hydrogens is 300 g/mol. The van der Waals surface area contributed by atoms with Gasteiger partial charge in [0.25, 0.3) is 0 Å². The topological polar surface area (TPSA) is 24.1 Å². The lowest BCUT2D eigenvalue weighted by atomic mass is 9.81. The number of thioether (sulfide) groups is 1. The molecule has 0 aromatic heterocycles. The molecule has 23 heavy (non-hydrogen) atoms. The van der Waals surface area contributed by atoms with E-state index in [4.69, 9.17) is 0 Å². The quantitative estimate of drug-likeness (QED) is 0.519. The molecule has 0 bridgehead atoms. The first-order valence-corrected chi connectivity index (χ1v) is 10.8. The van der Waals surface area contributed by atoms with E-state index in [1.165, 1.54) is 50.0 Å². The summed E-state index contributed by atoms with van der Waals surface area (Å²) in [5, 5.41) is 7.39. The van der Waals surface area contributed by atoms with Gasteiger partial charge in [-0.1, -0.05) is 26.0 Å². The summed E-state index contributed by atoms with van der Waals surface area (Å²) in [6.45, 7) is 11.7. The molecule has 0 aromatic rings. The van der Waals surface area contributed by atoms with Crippen LogP contribution < -0.4 is 10.6 Å². The van der Waals surface area contributed by atoms with E-state index in [1.54, 1.807) is 0 Å². The van der Waals surface area contributed by atoms with Gasteiger partial charge in [0, 0.05) is 24.3 Å². The van der Waals surface area contributed by atoms with Gasteiger partial charge in [0.2, 0.25) is 0 Å². The molecule has 3 heteroatoms. The molecule has 0 heterocycles. The van der Waals surface area contributed by atoms with Crippen LogP contribution in [0.5, 0.6) is 0 Å². The predicted molar refractivity (Wildman–Crippen MR) is 107 cm³/mol. The Kier molecular flexibility index (Phi) is 10.8. The average molecular weight is 339 g/mol. The summed E-state index contributed by atoms with van der Waals surface area (Å²) in [5.74, 6) is 2.96. The van der Waals surface area contributed by atoms with Crippen molar-refractivity contribution in [3.63, 3.8) is 0 Å². The summed E-state index contributed by atoms with van der Waals surface area (Å²) >= 11 is 2.00. The smallest absolute Gasteiger partial charge is 0.0354 e. The molecule has 2 N–H and O–H groups in total. The molecule has 0 radical (unpaired) electrons. The fraction of sp³-hybridized carbons (Fsp3) is 0.800. The van der Waals surface area contributed by atoms with E-state index in [2.05, 4.69) is 50.3 Å². The maximum absolute atomic E-state index is 3.91. The minimum atomic E-state index is 0.462. The second-order valence-corrected chi connectivity index (χ2v) is 8.08. The van der Waals surface area contributed by atoms with Crippen LogP contribution in [0.15, 0.2) is 24.4 Å². The van der Waals surface area contributed by atoms with Crippen molar-refractivity contribution in [1.29, 1.82) is 0 Å². The minimum Gasteiger partial charge on any atom is -0.384 e. The molecule has 1 saturated carbocycles. The maximum atomic E-state index is 3.91. The van der Waals surface area contributed by atoms with E-state index in [9.17, 15) is 0 Å². The van der Waals surface area contributed by atoms with E-state index in [-0.39, 0.29) is 0 Å². The Morgan fingerprint density at radius 2 is 1.91 bits per heavy atom. The van der Waals surface area contributed by atoms with E-state index in [0.29, 0.717) is 18.0 Å². The van der Waals surface area contributed by atoms with Crippen LogP contribution >= 0.6 is 11.8 Å². The van der Waals surface area contributed by atoms with Crippen LogP contribution in [0.4, 0.5) is 0 Å². The first kappa shape index (κ1) is 20.6. The second-order valence-electron chi connectivity index (χ2n) is 7.17. The second kappa shape index (κ2) is 12.0. The summed E-state index contributed by atoms with van der Waals surface area (Å²) < 4.78 is 0. The highest BCUT2D eigenvalue weighted by atomic mass is 32.2. The zero-order valence-electron chi connectivity index (χ0n) is 15.7. The first-order valence-electron chi connectivity index (χ1n) is 9.42. The standard InChI is InChI=1S/C20H38N2S/c1-6-8-16(3)21-14-17(4)22-20(9-7-2)19-12-10-18(11-13-19)15-23-5/h7,9,16-19,21-22H,2,6,8,10-15H2,1,3-5H3/b20-9-. The summed E-state index contributed by atoms with van der Waals surface area (Å²) in [5.41, 5.74) is 1.40. The van der Waals surface area contributed by atoms with Crippen LogP contribution in [0.1, 0.15) is 59.3 Å². The number of nitrogens with one attached hydrogen (secondary N) is 2. The molecule has 1 aliphatic rings. The fourth-order valence-electron chi connectivity index (χ4n) is 3.55. The van der Waals surface area contributed by atoms with Gasteiger partial charge in [0.15, 0.2) is 0 Å². The average Bonchev–Trinajstić information content (AvgIpc) is 2.54. The highest BCUT2D eigenvalue weighted by Crippen LogP contribution is 2.33. The van der Waals surface area contributed by atoms with Crippen LogP contribution in [0, 0.1) is 11.8 Å². The SMILES string of the molecule is C=C/C=C(\NC(C)CNC(C)CCC)C1CCC(CSC)CC1. The molecule has 0 spiro atoms. The molecule has 0 amide bonds. The van der Waals surface area contributed by atoms with Gasteiger partial charge in [-0.05, 0) is 75.9 Å². The van der Waals surface area contributed by atoms with Crippen LogP contribution in [0.25, 0.3) is 0 Å². The Hall–Kier alpha value is -0.410. The van der Waals surface area contributed by atoms with Crippen LogP contribution in [0.2, 0.25) is 0 Å². The number of allylic oxidation sites excluding steroid dienone is 3. The Morgan fingerprint density at radius 3 is 2.48 bits per heavy atom. The van der Waals surface area contributed by atoms with Crippen molar-refractivity contribution in [2.45, 2.75) is 71.4 Å². The zero-order chi connectivity index (χ0) is 17.1. The van der Waals surface area contributed by atoms with E-state index in [1.807, 2.05) is 17.8 Å². The molecule has 2 nitrogen and oxygen atoms in total. The lowest BCUT2D eigenvalue weighted by molar-refractivity contribution is 0.309. The monoisotopic (exact) mass is 338 g/mol. The largest absolute Gasteiger partial charge is 0.384 e. The molecular formula is C20H38N2S. The summed E-state index contributed by atoms with van der Waals surface area (Å²) in [6, 6.07) is 1.07. The normalized spacial score (nSPS) is 25.0. The lowest BCUT2D eigenvalue weighted by Crippen LogP contribution is -2.41. The van der Waals surface area contributed by atoms with Gasteiger partial charge in [-0.2, -0.15) is 11.8 Å². The van der Waals surface area contributed by atoms with Crippen molar-refractivity contribution in [2.24, 2.45) is 11.8 Å². The van der Waals surface area contributed by atoms with E-state index in [0.717, 1.165) is 12.5 Å². The summed E-state index contributed by atoms with van der Waals surface area (Å²) in [6.07, 6.45) is 14.3. The third kappa shape index (κ3) is 8.30. The van der Waals surface area contributed by atoms with E-state index < -0.39 is 0 Å². The maximum Gasteiger partial charge on any atom is 0.0354 e. The highest BCUT2D eigenvalue weighted by molar-refractivity contribution is 7.98. The van der Waals surface area contributed by atoms with Crippen LogP contribution in [-0.2, 0) is 0 Å². The fourth-order valence-corrected chi connectivity index (χ4v) is 4.36. The van der Waals surface area contributed by atoms with Gasteiger partial charge in [0.05, 0.1) is 0 Å². The molecule has 0 aliphatic heterocycles. The lowest BCUT2D eigenvalue weighted by Gasteiger charge is -2.32. The third-order valence-corrected chi connectivity index (χ3v) is 5.70. The Labute approximate surface area is 149 Å². The molecule has 0 aromatic carbocycles.